The molecular formula is C15H9ClFN5S. The minimum absolute atomic E-state index is 0.358. The van der Waals surface area contributed by atoms with Crippen molar-refractivity contribution in [3.63, 3.8) is 0 Å². The van der Waals surface area contributed by atoms with E-state index in [-0.39, 0.29) is 5.82 Å². The second-order valence-corrected chi connectivity index (χ2v) is 6.23. The van der Waals surface area contributed by atoms with Gasteiger partial charge in [-0.3, -0.25) is 4.98 Å². The van der Waals surface area contributed by atoms with Crippen LogP contribution in [-0.2, 0) is 6.42 Å². The predicted molar refractivity (Wildman–Crippen MR) is 86.1 cm³/mol. The number of nitrogens with zero attached hydrogens (tertiary/aromatic N) is 5. The minimum atomic E-state index is -0.370. The Labute approximate surface area is 139 Å². The Morgan fingerprint density at radius 2 is 2.09 bits per heavy atom. The first-order valence-electron chi connectivity index (χ1n) is 6.77. The number of rotatable bonds is 3. The molecule has 23 heavy (non-hydrogen) atoms. The summed E-state index contributed by atoms with van der Waals surface area (Å²) in [5, 5.41) is 13.6. The van der Waals surface area contributed by atoms with Crippen molar-refractivity contribution in [3.05, 3.63) is 65.0 Å². The van der Waals surface area contributed by atoms with Crippen LogP contribution in [-0.4, -0.2) is 24.8 Å². The molecule has 114 valence electrons. The van der Waals surface area contributed by atoms with Crippen LogP contribution < -0.4 is 0 Å². The van der Waals surface area contributed by atoms with Gasteiger partial charge >= 0.3 is 0 Å². The van der Waals surface area contributed by atoms with Gasteiger partial charge in [-0.25, -0.2) is 4.39 Å². The maximum atomic E-state index is 14.0. The minimum Gasteiger partial charge on any atom is -0.261 e. The molecule has 1 aromatic carbocycles. The quantitative estimate of drug-likeness (QED) is 0.569. The first-order chi connectivity index (χ1) is 11.2. The largest absolute Gasteiger partial charge is 0.261 e. The third kappa shape index (κ3) is 2.69. The molecular weight excluding hydrogens is 337 g/mol. The van der Waals surface area contributed by atoms with Crippen molar-refractivity contribution in [2.24, 2.45) is 0 Å². The fourth-order valence-corrected chi connectivity index (χ4v) is 3.25. The first kappa shape index (κ1) is 14.2. The predicted octanol–water partition coefficient (Wildman–Crippen LogP) is 3.63. The van der Waals surface area contributed by atoms with Crippen molar-refractivity contribution >= 4 is 27.9 Å². The lowest BCUT2D eigenvalue weighted by Gasteiger charge is -1.99. The lowest BCUT2D eigenvalue weighted by molar-refractivity contribution is 0.630. The summed E-state index contributed by atoms with van der Waals surface area (Å²) in [6.45, 7) is 0. The number of pyridine rings is 1. The monoisotopic (exact) mass is 345 g/mol. The summed E-state index contributed by atoms with van der Waals surface area (Å²) in [4.78, 5) is 4.87. The molecule has 0 aliphatic rings. The van der Waals surface area contributed by atoms with Crippen LogP contribution in [0.5, 0.6) is 0 Å². The van der Waals surface area contributed by atoms with Gasteiger partial charge in [0.2, 0.25) is 4.96 Å². The SMILES string of the molecule is Fc1ccc(Cl)cc1-c1nn2c(Cc3ccccn3)nnc2s1. The summed E-state index contributed by atoms with van der Waals surface area (Å²) < 4.78 is 15.6. The Morgan fingerprint density at radius 3 is 2.91 bits per heavy atom. The zero-order valence-corrected chi connectivity index (χ0v) is 13.2. The normalized spacial score (nSPS) is 11.2. The number of hydrogen-bond donors (Lipinski definition) is 0. The molecule has 0 aliphatic heterocycles. The number of aromatic nitrogens is 5. The maximum Gasteiger partial charge on any atom is 0.234 e. The van der Waals surface area contributed by atoms with E-state index < -0.39 is 0 Å². The molecule has 0 amide bonds. The van der Waals surface area contributed by atoms with E-state index in [1.807, 2.05) is 18.2 Å². The number of fused-ring (bicyclic) bond motifs is 1. The van der Waals surface area contributed by atoms with Crippen molar-refractivity contribution in [2.75, 3.05) is 0 Å². The van der Waals surface area contributed by atoms with Gasteiger partial charge in [-0.2, -0.15) is 9.61 Å². The lowest BCUT2D eigenvalue weighted by atomic mass is 10.2. The molecule has 0 aliphatic carbocycles. The highest BCUT2D eigenvalue weighted by molar-refractivity contribution is 7.19. The van der Waals surface area contributed by atoms with Crippen LogP contribution in [0, 0.1) is 5.82 Å². The smallest absolute Gasteiger partial charge is 0.234 e. The van der Waals surface area contributed by atoms with Crippen LogP contribution >= 0.6 is 22.9 Å². The molecule has 0 fully saturated rings. The Balaban J connectivity index is 1.76. The Morgan fingerprint density at radius 1 is 1.17 bits per heavy atom. The van der Waals surface area contributed by atoms with Gasteiger partial charge in [0.15, 0.2) is 10.8 Å². The van der Waals surface area contributed by atoms with E-state index in [9.17, 15) is 4.39 Å². The van der Waals surface area contributed by atoms with Crippen LogP contribution in [0.15, 0.2) is 42.6 Å². The Kier molecular flexibility index (Phi) is 3.51. The van der Waals surface area contributed by atoms with Gasteiger partial charge in [0.1, 0.15) is 5.82 Å². The fraction of sp³-hybridized carbons (Fsp3) is 0.0667. The molecule has 8 heteroatoms. The van der Waals surface area contributed by atoms with Gasteiger partial charge in [-0.15, -0.1) is 10.2 Å². The zero-order chi connectivity index (χ0) is 15.8. The topological polar surface area (TPSA) is 56.0 Å². The average molecular weight is 346 g/mol. The molecule has 0 atom stereocenters. The molecule has 0 unspecified atom stereocenters. The summed E-state index contributed by atoms with van der Waals surface area (Å²) in [6, 6.07) is 10.1. The van der Waals surface area contributed by atoms with Crippen LogP contribution in [0.3, 0.4) is 0 Å². The second kappa shape index (κ2) is 5.68. The second-order valence-electron chi connectivity index (χ2n) is 4.84. The van der Waals surface area contributed by atoms with E-state index in [2.05, 4.69) is 20.3 Å². The summed E-state index contributed by atoms with van der Waals surface area (Å²) >= 11 is 7.21. The molecule has 0 spiro atoms. The lowest BCUT2D eigenvalue weighted by Crippen LogP contribution is -1.99. The third-order valence-corrected chi connectivity index (χ3v) is 4.45. The van der Waals surface area contributed by atoms with Gasteiger partial charge in [-0.05, 0) is 30.3 Å². The molecule has 0 saturated heterocycles. The highest BCUT2D eigenvalue weighted by atomic mass is 35.5. The summed E-state index contributed by atoms with van der Waals surface area (Å²) in [7, 11) is 0. The molecule has 0 N–H and O–H groups in total. The van der Waals surface area contributed by atoms with Crippen LogP contribution in [0.25, 0.3) is 15.5 Å². The molecule has 5 nitrogen and oxygen atoms in total. The van der Waals surface area contributed by atoms with E-state index in [0.29, 0.717) is 32.8 Å². The van der Waals surface area contributed by atoms with Crippen LogP contribution in [0.2, 0.25) is 5.02 Å². The molecule has 4 rings (SSSR count). The van der Waals surface area contributed by atoms with Crippen LogP contribution in [0.4, 0.5) is 4.39 Å². The molecule has 3 aromatic heterocycles. The fourth-order valence-electron chi connectivity index (χ4n) is 2.20. The van der Waals surface area contributed by atoms with Crippen molar-refractivity contribution in [1.29, 1.82) is 0 Å². The number of hydrogen-bond acceptors (Lipinski definition) is 5. The summed E-state index contributed by atoms with van der Waals surface area (Å²) in [6.07, 6.45) is 2.23. The highest BCUT2D eigenvalue weighted by Gasteiger charge is 2.16. The van der Waals surface area contributed by atoms with Crippen molar-refractivity contribution in [3.8, 4) is 10.6 Å². The van der Waals surface area contributed by atoms with Crippen LogP contribution in [0.1, 0.15) is 11.5 Å². The molecule has 3 heterocycles. The zero-order valence-electron chi connectivity index (χ0n) is 11.6. The average Bonchev–Trinajstić information content (AvgIpc) is 3.13. The third-order valence-electron chi connectivity index (χ3n) is 3.28. The Bertz CT molecular complexity index is 982. The van der Waals surface area contributed by atoms with E-state index in [0.717, 1.165) is 5.69 Å². The van der Waals surface area contributed by atoms with E-state index in [1.165, 1.54) is 23.5 Å². The number of benzene rings is 1. The standard InChI is InChI=1S/C15H9ClFN5S/c16-9-4-5-12(17)11(7-9)14-21-22-13(19-20-15(22)23-14)8-10-3-1-2-6-18-10/h1-7H,8H2. The summed E-state index contributed by atoms with van der Waals surface area (Å²) in [5.41, 5.74) is 1.22. The van der Waals surface area contributed by atoms with E-state index >= 15 is 0 Å². The van der Waals surface area contributed by atoms with E-state index in [4.69, 9.17) is 11.6 Å². The maximum absolute atomic E-state index is 14.0. The molecule has 0 saturated carbocycles. The molecule has 4 aromatic rings. The number of halogens is 2. The van der Waals surface area contributed by atoms with Gasteiger partial charge in [-0.1, -0.05) is 29.0 Å². The highest BCUT2D eigenvalue weighted by Crippen LogP contribution is 2.30. The van der Waals surface area contributed by atoms with Crippen molar-refractivity contribution in [1.82, 2.24) is 24.8 Å². The van der Waals surface area contributed by atoms with Gasteiger partial charge in [0.05, 0.1) is 6.42 Å². The van der Waals surface area contributed by atoms with E-state index in [1.54, 1.807) is 16.8 Å². The van der Waals surface area contributed by atoms with Gasteiger partial charge < -0.3 is 0 Å². The van der Waals surface area contributed by atoms with Crippen molar-refractivity contribution in [2.45, 2.75) is 6.42 Å². The first-order valence-corrected chi connectivity index (χ1v) is 7.96. The van der Waals surface area contributed by atoms with Gasteiger partial charge in [0, 0.05) is 22.5 Å². The molecule has 0 bridgehead atoms. The van der Waals surface area contributed by atoms with Crippen molar-refractivity contribution < 1.29 is 4.39 Å². The Hall–Kier alpha value is -2.38. The molecule has 0 radical (unpaired) electrons. The van der Waals surface area contributed by atoms with Gasteiger partial charge in [0.25, 0.3) is 0 Å². The summed E-state index contributed by atoms with van der Waals surface area (Å²) in [5.74, 6) is 0.286.